The van der Waals surface area contributed by atoms with Gasteiger partial charge in [-0.2, -0.15) is 0 Å². The van der Waals surface area contributed by atoms with Gasteiger partial charge in [0.1, 0.15) is 0 Å². The summed E-state index contributed by atoms with van der Waals surface area (Å²) in [5.74, 6) is 0.679. The third-order valence-electron chi connectivity index (χ3n) is 2.46. The van der Waals surface area contributed by atoms with Gasteiger partial charge in [-0.1, -0.05) is 0 Å². The average molecular weight is 152 g/mol. The summed E-state index contributed by atoms with van der Waals surface area (Å²) in [7, 11) is 0. The van der Waals surface area contributed by atoms with Gasteiger partial charge in [0.25, 0.3) is 0 Å². The SMILES string of the molecule is O=C(C1[CH]C1)N1CCCCC1. The molecule has 61 valence electrons. The Kier molecular flexibility index (Phi) is 1.84. The second-order valence-electron chi connectivity index (χ2n) is 3.46. The van der Waals surface area contributed by atoms with Crippen molar-refractivity contribution in [3.63, 3.8) is 0 Å². The maximum absolute atomic E-state index is 11.5. The second kappa shape index (κ2) is 2.84. The Bertz CT molecular complexity index is 157. The van der Waals surface area contributed by atoms with Crippen LogP contribution in [0.3, 0.4) is 0 Å². The Balaban J connectivity index is 1.86. The molecule has 0 N–H and O–H groups in total. The number of likely N-dealkylation sites (tertiary alicyclic amines) is 1. The Morgan fingerprint density at radius 3 is 2.45 bits per heavy atom. The third-order valence-corrected chi connectivity index (χ3v) is 2.46. The number of carbonyl (C=O) groups excluding carboxylic acids is 1. The minimum absolute atomic E-state index is 0.299. The zero-order valence-corrected chi connectivity index (χ0v) is 6.75. The number of rotatable bonds is 1. The van der Waals surface area contributed by atoms with Crippen molar-refractivity contribution in [1.82, 2.24) is 4.90 Å². The van der Waals surface area contributed by atoms with Crippen LogP contribution in [0.2, 0.25) is 0 Å². The van der Waals surface area contributed by atoms with Gasteiger partial charge in [-0.3, -0.25) is 4.79 Å². The van der Waals surface area contributed by atoms with Crippen molar-refractivity contribution >= 4 is 5.91 Å². The maximum Gasteiger partial charge on any atom is 0.225 e. The molecule has 0 aromatic heterocycles. The Hall–Kier alpha value is -0.530. The molecule has 2 heteroatoms. The Morgan fingerprint density at radius 2 is 1.91 bits per heavy atom. The number of hydrogen-bond acceptors (Lipinski definition) is 1. The quantitative estimate of drug-likeness (QED) is 0.553. The smallest absolute Gasteiger partial charge is 0.225 e. The summed E-state index contributed by atoms with van der Waals surface area (Å²) in [6.07, 6.45) is 6.83. The molecule has 1 amide bonds. The molecule has 1 atom stereocenters. The molecule has 1 aliphatic carbocycles. The van der Waals surface area contributed by atoms with Crippen LogP contribution in [-0.4, -0.2) is 23.9 Å². The second-order valence-corrected chi connectivity index (χ2v) is 3.46. The molecule has 2 nitrogen and oxygen atoms in total. The zero-order valence-electron chi connectivity index (χ0n) is 6.75. The lowest BCUT2D eigenvalue weighted by Crippen LogP contribution is -2.36. The summed E-state index contributed by atoms with van der Waals surface area (Å²) < 4.78 is 0. The highest BCUT2D eigenvalue weighted by Gasteiger charge is 2.33. The van der Waals surface area contributed by atoms with Gasteiger partial charge in [-0.25, -0.2) is 0 Å². The van der Waals surface area contributed by atoms with Crippen LogP contribution in [0, 0.1) is 12.3 Å². The molecular formula is C9H14NO. The average Bonchev–Trinajstić information content (AvgIpc) is 2.87. The first-order valence-electron chi connectivity index (χ1n) is 4.50. The predicted molar refractivity (Wildman–Crippen MR) is 42.8 cm³/mol. The lowest BCUT2D eigenvalue weighted by molar-refractivity contribution is -0.133. The van der Waals surface area contributed by atoms with Crippen LogP contribution < -0.4 is 0 Å². The van der Waals surface area contributed by atoms with Crippen LogP contribution in [0.1, 0.15) is 25.7 Å². The molecule has 0 bridgehead atoms. The first-order chi connectivity index (χ1) is 5.38. The topological polar surface area (TPSA) is 20.3 Å². The van der Waals surface area contributed by atoms with Crippen LogP contribution in [-0.2, 0) is 4.79 Å². The molecular weight excluding hydrogens is 138 g/mol. The van der Waals surface area contributed by atoms with Gasteiger partial charge in [0.2, 0.25) is 5.91 Å². The van der Waals surface area contributed by atoms with Crippen molar-refractivity contribution in [1.29, 1.82) is 0 Å². The van der Waals surface area contributed by atoms with E-state index in [0.29, 0.717) is 11.8 Å². The summed E-state index contributed by atoms with van der Waals surface area (Å²) >= 11 is 0. The molecule has 0 aromatic carbocycles. The molecule has 0 aromatic rings. The fraction of sp³-hybridized carbons (Fsp3) is 0.778. The number of nitrogens with zero attached hydrogens (tertiary/aromatic N) is 1. The summed E-state index contributed by atoms with van der Waals surface area (Å²) in [6.45, 7) is 2.01. The normalized spacial score (nSPS) is 25.3. The minimum Gasteiger partial charge on any atom is -0.342 e. The zero-order chi connectivity index (χ0) is 7.68. The van der Waals surface area contributed by atoms with E-state index in [1.165, 1.54) is 19.3 Å². The van der Waals surface area contributed by atoms with Gasteiger partial charge < -0.3 is 4.90 Å². The van der Waals surface area contributed by atoms with Crippen LogP contribution in [0.15, 0.2) is 0 Å². The highest BCUT2D eigenvalue weighted by molar-refractivity contribution is 5.83. The first-order valence-corrected chi connectivity index (χ1v) is 4.50. The van der Waals surface area contributed by atoms with E-state index < -0.39 is 0 Å². The molecule has 1 radical (unpaired) electrons. The van der Waals surface area contributed by atoms with Gasteiger partial charge >= 0.3 is 0 Å². The third kappa shape index (κ3) is 1.55. The minimum atomic E-state index is 0.299. The van der Waals surface area contributed by atoms with E-state index in [9.17, 15) is 4.79 Å². The van der Waals surface area contributed by atoms with Gasteiger partial charge in [0, 0.05) is 19.0 Å². The molecule has 1 aliphatic heterocycles. The van der Waals surface area contributed by atoms with E-state index in [-0.39, 0.29) is 0 Å². The Labute approximate surface area is 67.6 Å². The molecule has 1 saturated carbocycles. The molecule has 0 spiro atoms. The lowest BCUT2D eigenvalue weighted by Gasteiger charge is -2.26. The van der Waals surface area contributed by atoms with Crippen molar-refractivity contribution in [2.45, 2.75) is 25.7 Å². The molecule has 2 fully saturated rings. The predicted octanol–water partition coefficient (Wildman–Crippen LogP) is 1.22. The van der Waals surface area contributed by atoms with E-state index in [4.69, 9.17) is 0 Å². The van der Waals surface area contributed by atoms with Gasteiger partial charge in [0.15, 0.2) is 0 Å². The molecule has 11 heavy (non-hydrogen) atoms. The highest BCUT2D eigenvalue weighted by Crippen LogP contribution is 2.30. The first kappa shape index (κ1) is 7.14. The van der Waals surface area contributed by atoms with E-state index >= 15 is 0 Å². The summed E-state index contributed by atoms with van der Waals surface area (Å²) in [5.41, 5.74) is 0. The lowest BCUT2D eigenvalue weighted by atomic mass is 10.1. The molecule has 1 heterocycles. The monoisotopic (exact) mass is 152 g/mol. The number of amides is 1. The number of piperidine rings is 1. The number of carbonyl (C=O) groups is 1. The van der Waals surface area contributed by atoms with E-state index in [1.54, 1.807) is 0 Å². The molecule has 1 saturated heterocycles. The van der Waals surface area contributed by atoms with E-state index in [2.05, 4.69) is 6.42 Å². The molecule has 1 unspecified atom stereocenters. The molecule has 2 aliphatic rings. The van der Waals surface area contributed by atoms with Gasteiger partial charge in [-0.05, 0) is 32.1 Å². The van der Waals surface area contributed by atoms with E-state index in [0.717, 1.165) is 19.5 Å². The van der Waals surface area contributed by atoms with Crippen molar-refractivity contribution in [2.24, 2.45) is 5.92 Å². The van der Waals surface area contributed by atoms with Crippen molar-refractivity contribution in [2.75, 3.05) is 13.1 Å². The number of hydrogen-bond donors (Lipinski definition) is 0. The summed E-state index contributed by atoms with van der Waals surface area (Å²) in [4.78, 5) is 13.5. The van der Waals surface area contributed by atoms with Crippen molar-refractivity contribution in [3.05, 3.63) is 6.42 Å². The summed E-state index contributed by atoms with van der Waals surface area (Å²) in [5, 5.41) is 0. The van der Waals surface area contributed by atoms with Gasteiger partial charge in [0.05, 0.1) is 0 Å². The fourth-order valence-corrected chi connectivity index (χ4v) is 1.62. The van der Waals surface area contributed by atoms with Crippen LogP contribution in [0.4, 0.5) is 0 Å². The largest absolute Gasteiger partial charge is 0.342 e. The maximum atomic E-state index is 11.5. The molecule has 2 rings (SSSR count). The van der Waals surface area contributed by atoms with Crippen LogP contribution in [0.25, 0.3) is 0 Å². The fourth-order valence-electron chi connectivity index (χ4n) is 1.62. The highest BCUT2D eigenvalue weighted by atomic mass is 16.2. The Morgan fingerprint density at radius 1 is 1.27 bits per heavy atom. The van der Waals surface area contributed by atoms with Gasteiger partial charge in [-0.15, -0.1) is 0 Å². The van der Waals surface area contributed by atoms with Crippen molar-refractivity contribution in [3.8, 4) is 0 Å². The summed E-state index contributed by atoms with van der Waals surface area (Å²) in [6, 6.07) is 0. The van der Waals surface area contributed by atoms with Crippen molar-refractivity contribution < 1.29 is 4.79 Å². The van der Waals surface area contributed by atoms with Crippen LogP contribution in [0.5, 0.6) is 0 Å². The van der Waals surface area contributed by atoms with Crippen LogP contribution >= 0.6 is 0 Å². The standard InChI is InChI=1S/C9H14NO/c11-9(8-4-5-8)10-6-2-1-3-7-10/h4,8H,1-3,5-7H2. The van der Waals surface area contributed by atoms with E-state index in [1.807, 2.05) is 4.90 Å².